The van der Waals surface area contributed by atoms with Gasteiger partial charge in [0.25, 0.3) is 0 Å². The minimum atomic E-state index is 0.714. The van der Waals surface area contributed by atoms with E-state index in [0.717, 1.165) is 41.9 Å². The highest BCUT2D eigenvalue weighted by Crippen LogP contribution is 2.15. The Labute approximate surface area is 131 Å². The van der Waals surface area contributed by atoms with E-state index in [1.54, 1.807) is 0 Å². The molecule has 1 aromatic carbocycles. The molecule has 0 saturated heterocycles. The smallest absolute Gasteiger partial charge is 0.133 e. The Morgan fingerprint density at radius 3 is 2.29 bits per heavy atom. The SMILES string of the molecule is CCCc1nc(NCC)cc(NCc2ccc(Cl)cc2)n1. The average Bonchev–Trinajstić information content (AvgIpc) is 2.47. The Bertz CT molecular complexity index is 545. The number of anilines is 2. The lowest BCUT2D eigenvalue weighted by Gasteiger charge is -2.10. The van der Waals surface area contributed by atoms with E-state index in [4.69, 9.17) is 11.6 Å². The molecule has 1 heterocycles. The maximum absolute atomic E-state index is 5.89. The molecule has 0 aliphatic heterocycles. The number of aromatic nitrogens is 2. The van der Waals surface area contributed by atoms with Gasteiger partial charge >= 0.3 is 0 Å². The van der Waals surface area contributed by atoms with Gasteiger partial charge in [-0.3, -0.25) is 0 Å². The van der Waals surface area contributed by atoms with Crippen molar-refractivity contribution in [3.05, 3.63) is 46.7 Å². The van der Waals surface area contributed by atoms with Crippen molar-refractivity contribution in [2.24, 2.45) is 0 Å². The molecule has 0 aliphatic carbocycles. The molecular weight excluding hydrogens is 284 g/mol. The van der Waals surface area contributed by atoms with Crippen molar-refractivity contribution in [1.82, 2.24) is 9.97 Å². The predicted octanol–water partition coefficient (Wildman–Crippen LogP) is 4.13. The van der Waals surface area contributed by atoms with E-state index in [0.29, 0.717) is 6.54 Å². The molecule has 112 valence electrons. The van der Waals surface area contributed by atoms with Gasteiger partial charge in [-0.15, -0.1) is 0 Å². The van der Waals surface area contributed by atoms with E-state index in [2.05, 4.69) is 34.4 Å². The van der Waals surface area contributed by atoms with Crippen LogP contribution in [0.25, 0.3) is 0 Å². The van der Waals surface area contributed by atoms with Gasteiger partial charge in [-0.2, -0.15) is 0 Å². The summed E-state index contributed by atoms with van der Waals surface area (Å²) in [5.41, 5.74) is 1.17. The summed E-state index contributed by atoms with van der Waals surface area (Å²) in [6.45, 7) is 5.75. The van der Waals surface area contributed by atoms with Crippen LogP contribution >= 0.6 is 11.6 Å². The van der Waals surface area contributed by atoms with Gasteiger partial charge in [0.15, 0.2) is 0 Å². The summed E-state index contributed by atoms with van der Waals surface area (Å²) < 4.78 is 0. The van der Waals surface area contributed by atoms with Crippen LogP contribution in [-0.4, -0.2) is 16.5 Å². The van der Waals surface area contributed by atoms with E-state index in [-0.39, 0.29) is 0 Å². The third-order valence-electron chi connectivity index (χ3n) is 2.99. The average molecular weight is 305 g/mol. The van der Waals surface area contributed by atoms with Gasteiger partial charge in [-0.05, 0) is 31.0 Å². The summed E-state index contributed by atoms with van der Waals surface area (Å²) in [5.74, 6) is 2.59. The van der Waals surface area contributed by atoms with E-state index >= 15 is 0 Å². The van der Waals surface area contributed by atoms with Gasteiger partial charge in [0.1, 0.15) is 17.5 Å². The molecule has 5 heteroatoms. The maximum atomic E-state index is 5.89. The topological polar surface area (TPSA) is 49.8 Å². The van der Waals surface area contributed by atoms with Crippen molar-refractivity contribution in [1.29, 1.82) is 0 Å². The van der Waals surface area contributed by atoms with Crippen LogP contribution in [-0.2, 0) is 13.0 Å². The molecule has 0 saturated carbocycles. The minimum absolute atomic E-state index is 0.714. The second kappa shape index (κ2) is 7.84. The van der Waals surface area contributed by atoms with Crippen molar-refractivity contribution in [3.63, 3.8) is 0 Å². The second-order valence-corrected chi connectivity index (χ2v) is 5.25. The molecule has 2 N–H and O–H groups in total. The van der Waals surface area contributed by atoms with Gasteiger partial charge < -0.3 is 10.6 Å². The largest absolute Gasteiger partial charge is 0.370 e. The lowest BCUT2D eigenvalue weighted by Crippen LogP contribution is -2.08. The number of rotatable bonds is 7. The Morgan fingerprint density at radius 2 is 1.67 bits per heavy atom. The molecule has 0 fully saturated rings. The van der Waals surface area contributed by atoms with Gasteiger partial charge in [-0.1, -0.05) is 30.7 Å². The molecule has 2 rings (SSSR count). The van der Waals surface area contributed by atoms with Crippen molar-refractivity contribution in [3.8, 4) is 0 Å². The molecule has 0 unspecified atom stereocenters. The number of benzene rings is 1. The Hall–Kier alpha value is -1.81. The summed E-state index contributed by atoms with van der Waals surface area (Å²) in [7, 11) is 0. The van der Waals surface area contributed by atoms with Crippen molar-refractivity contribution in [2.75, 3.05) is 17.2 Å². The maximum Gasteiger partial charge on any atom is 0.133 e. The van der Waals surface area contributed by atoms with Gasteiger partial charge in [-0.25, -0.2) is 9.97 Å². The van der Waals surface area contributed by atoms with E-state index < -0.39 is 0 Å². The number of halogens is 1. The molecule has 0 bridgehead atoms. The first kappa shape index (κ1) is 15.6. The predicted molar refractivity (Wildman–Crippen MR) is 89.0 cm³/mol. The van der Waals surface area contributed by atoms with Crippen LogP contribution in [0, 0.1) is 0 Å². The fourth-order valence-corrected chi connectivity index (χ4v) is 2.12. The third-order valence-corrected chi connectivity index (χ3v) is 3.24. The lowest BCUT2D eigenvalue weighted by molar-refractivity contribution is 0.834. The van der Waals surface area contributed by atoms with Crippen LogP contribution in [0.5, 0.6) is 0 Å². The lowest BCUT2D eigenvalue weighted by atomic mass is 10.2. The number of hydrogen-bond acceptors (Lipinski definition) is 4. The van der Waals surface area contributed by atoms with Crippen LogP contribution < -0.4 is 10.6 Å². The minimum Gasteiger partial charge on any atom is -0.370 e. The quantitative estimate of drug-likeness (QED) is 0.807. The molecule has 2 aromatic rings. The molecule has 0 spiro atoms. The third kappa shape index (κ3) is 4.90. The standard InChI is InChI=1S/C16H21ClN4/c1-3-5-14-20-15(18-4-2)10-16(21-14)19-11-12-6-8-13(17)9-7-12/h6-10H,3-5,11H2,1-2H3,(H2,18,19,20,21). The molecular formula is C16H21ClN4. The first-order valence-electron chi connectivity index (χ1n) is 7.31. The van der Waals surface area contributed by atoms with Crippen molar-refractivity contribution >= 4 is 23.2 Å². The summed E-state index contributed by atoms with van der Waals surface area (Å²) in [5, 5.41) is 7.34. The first-order chi connectivity index (χ1) is 10.2. The highest BCUT2D eigenvalue weighted by Gasteiger charge is 2.04. The summed E-state index contributed by atoms with van der Waals surface area (Å²) >= 11 is 5.89. The Kier molecular flexibility index (Phi) is 5.81. The van der Waals surface area contributed by atoms with Crippen LogP contribution in [0.15, 0.2) is 30.3 Å². The molecule has 4 nitrogen and oxygen atoms in total. The van der Waals surface area contributed by atoms with Gasteiger partial charge in [0, 0.05) is 30.6 Å². The van der Waals surface area contributed by atoms with Crippen LogP contribution in [0.3, 0.4) is 0 Å². The molecule has 1 aromatic heterocycles. The fraction of sp³-hybridized carbons (Fsp3) is 0.375. The van der Waals surface area contributed by atoms with Gasteiger partial charge in [0.2, 0.25) is 0 Å². The van der Waals surface area contributed by atoms with Crippen molar-refractivity contribution < 1.29 is 0 Å². The number of nitrogens with one attached hydrogen (secondary N) is 2. The molecule has 21 heavy (non-hydrogen) atoms. The second-order valence-electron chi connectivity index (χ2n) is 4.82. The molecule has 0 amide bonds. The monoisotopic (exact) mass is 304 g/mol. The van der Waals surface area contributed by atoms with Crippen LogP contribution in [0.4, 0.5) is 11.6 Å². The fourth-order valence-electron chi connectivity index (χ4n) is 1.99. The number of nitrogens with zero attached hydrogens (tertiary/aromatic N) is 2. The number of hydrogen-bond donors (Lipinski definition) is 2. The Morgan fingerprint density at radius 1 is 1.00 bits per heavy atom. The number of aryl methyl sites for hydroxylation is 1. The summed E-state index contributed by atoms with van der Waals surface area (Å²) in [6, 6.07) is 9.75. The zero-order valence-electron chi connectivity index (χ0n) is 12.5. The normalized spacial score (nSPS) is 10.4. The van der Waals surface area contributed by atoms with Crippen molar-refractivity contribution in [2.45, 2.75) is 33.2 Å². The zero-order valence-corrected chi connectivity index (χ0v) is 13.2. The molecule has 0 radical (unpaired) electrons. The van der Waals surface area contributed by atoms with Gasteiger partial charge in [0.05, 0.1) is 0 Å². The highest BCUT2D eigenvalue weighted by molar-refractivity contribution is 6.30. The zero-order chi connectivity index (χ0) is 15.1. The van der Waals surface area contributed by atoms with E-state index in [1.165, 1.54) is 5.56 Å². The van der Waals surface area contributed by atoms with Crippen LogP contribution in [0.2, 0.25) is 5.02 Å². The van der Waals surface area contributed by atoms with E-state index in [1.807, 2.05) is 30.3 Å². The molecule has 0 atom stereocenters. The summed E-state index contributed by atoms with van der Waals surface area (Å²) in [6.07, 6.45) is 1.92. The highest BCUT2D eigenvalue weighted by atomic mass is 35.5. The molecule has 0 aliphatic rings. The van der Waals surface area contributed by atoms with Crippen LogP contribution in [0.1, 0.15) is 31.7 Å². The van der Waals surface area contributed by atoms with E-state index in [9.17, 15) is 0 Å². The Balaban J connectivity index is 2.08. The first-order valence-corrected chi connectivity index (χ1v) is 7.69. The summed E-state index contributed by atoms with van der Waals surface area (Å²) in [4.78, 5) is 9.05.